The number of anilines is 3. The van der Waals surface area contributed by atoms with E-state index in [1.165, 1.54) is 0 Å². The van der Waals surface area contributed by atoms with Crippen molar-refractivity contribution in [2.75, 3.05) is 43.2 Å². The van der Waals surface area contributed by atoms with Crippen molar-refractivity contribution in [2.45, 2.75) is 27.7 Å². The van der Waals surface area contributed by atoms with Gasteiger partial charge in [-0.1, -0.05) is 32.7 Å². The van der Waals surface area contributed by atoms with Crippen LogP contribution in [0, 0.1) is 0 Å². The number of aromatic nitrogens is 4. The first-order valence-corrected chi connectivity index (χ1v) is 12.5. The number of nitrogens with one attached hydrogen (secondary N) is 1. The third-order valence-corrected chi connectivity index (χ3v) is 4.77. The van der Waals surface area contributed by atoms with Gasteiger partial charge in [0.1, 0.15) is 5.82 Å². The quantitative estimate of drug-likeness (QED) is 0.589. The average Bonchev–Trinajstić information content (AvgIpc) is 2.91. The van der Waals surface area contributed by atoms with Crippen LogP contribution in [-0.2, 0) is 4.74 Å². The van der Waals surface area contributed by atoms with Crippen LogP contribution in [0.5, 0.6) is 0 Å². The number of morpholine rings is 1. The molecule has 1 aliphatic heterocycles. The highest BCUT2D eigenvalue weighted by Gasteiger charge is 2.16. The second kappa shape index (κ2) is 14.3. The van der Waals surface area contributed by atoms with Crippen molar-refractivity contribution in [1.29, 1.82) is 0 Å². The highest BCUT2D eigenvalue weighted by Crippen LogP contribution is 2.24. The van der Waals surface area contributed by atoms with Crippen molar-refractivity contribution in [3.05, 3.63) is 53.4 Å². The summed E-state index contributed by atoms with van der Waals surface area (Å²) in [5.74, 6) is 1.41. The van der Waals surface area contributed by atoms with E-state index < -0.39 is 0 Å². The molecule has 1 saturated heterocycles. The fourth-order valence-electron chi connectivity index (χ4n) is 3.25. The largest absolute Gasteiger partial charge is 0.378 e. The number of nitrogens with zero attached hydrogens (tertiary/aromatic N) is 5. The number of pyridine rings is 2. The molecule has 0 saturated carbocycles. The standard InChI is InChI=1S/C22H24N6O.C2H6.CH5P/c1-3-16-12-18(15-24-19(16)4-2)25-21-13-20(17-6-5-7-23-14-17)26-22(27-21)28-8-10-29-11-9-28;2*1-2/h3-7,12-15H,8-11H2,1-2H3,(H,25,26,27);1-2H3;2H2,1H3/b16-3-,19-4+;;. The van der Waals surface area contributed by atoms with Crippen LogP contribution >= 0.6 is 9.24 Å². The van der Waals surface area contributed by atoms with Crippen molar-refractivity contribution in [3.8, 4) is 11.3 Å². The Hall–Kier alpha value is -2.89. The van der Waals surface area contributed by atoms with Crippen LogP contribution in [0.2, 0.25) is 0 Å². The number of rotatable bonds is 4. The average molecular weight is 467 g/mol. The first-order chi connectivity index (χ1) is 16.3. The molecule has 0 aromatic carbocycles. The molecule has 1 unspecified atom stereocenters. The lowest BCUT2D eigenvalue weighted by Crippen LogP contribution is -2.37. The van der Waals surface area contributed by atoms with E-state index in [0.717, 1.165) is 46.4 Å². The van der Waals surface area contributed by atoms with E-state index in [1.807, 2.05) is 77.1 Å². The van der Waals surface area contributed by atoms with Gasteiger partial charge in [0.2, 0.25) is 5.95 Å². The van der Waals surface area contributed by atoms with Crippen LogP contribution in [0.4, 0.5) is 17.5 Å². The molecule has 1 fully saturated rings. The molecular formula is C25H35N6OP. The maximum absolute atomic E-state index is 5.47. The summed E-state index contributed by atoms with van der Waals surface area (Å²) in [6.07, 6.45) is 9.44. The smallest absolute Gasteiger partial charge is 0.228 e. The predicted octanol–water partition coefficient (Wildman–Crippen LogP) is 3.63. The summed E-state index contributed by atoms with van der Waals surface area (Å²) in [4.78, 5) is 20.4. The first kappa shape index (κ1) is 26.4. The van der Waals surface area contributed by atoms with Gasteiger partial charge in [0.15, 0.2) is 0 Å². The predicted molar refractivity (Wildman–Crippen MR) is 142 cm³/mol. The van der Waals surface area contributed by atoms with E-state index in [4.69, 9.17) is 14.7 Å². The topological polar surface area (TPSA) is 76.1 Å². The fraction of sp³-hybridized carbons (Fsp3) is 0.360. The highest BCUT2D eigenvalue weighted by molar-refractivity contribution is 7.15. The zero-order valence-corrected chi connectivity index (χ0v) is 21.4. The molecule has 1 N–H and O–H groups in total. The van der Waals surface area contributed by atoms with Crippen molar-refractivity contribution in [1.82, 2.24) is 19.9 Å². The maximum Gasteiger partial charge on any atom is 0.228 e. The molecule has 1 aliphatic rings. The van der Waals surface area contributed by atoms with Gasteiger partial charge < -0.3 is 15.0 Å². The fourth-order valence-corrected chi connectivity index (χ4v) is 3.25. The molecule has 7 nitrogen and oxygen atoms in total. The molecule has 0 spiro atoms. The van der Waals surface area contributed by atoms with Crippen LogP contribution < -0.4 is 20.8 Å². The molecule has 0 amide bonds. The van der Waals surface area contributed by atoms with Gasteiger partial charge in [0, 0.05) is 37.1 Å². The van der Waals surface area contributed by atoms with Crippen molar-refractivity contribution in [2.24, 2.45) is 0 Å². The van der Waals surface area contributed by atoms with E-state index in [2.05, 4.69) is 35.5 Å². The van der Waals surface area contributed by atoms with Gasteiger partial charge in [-0.25, -0.2) is 4.98 Å². The van der Waals surface area contributed by atoms with E-state index in [1.54, 1.807) is 6.20 Å². The second-order valence-corrected chi connectivity index (χ2v) is 6.68. The Morgan fingerprint density at radius 1 is 1.03 bits per heavy atom. The number of hydrogen-bond acceptors (Lipinski definition) is 7. The van der Waals surface area contributed by atoms with Crippen molar-refractivity contribution >= 4 is 38.8 Å². The summed E-state index contributed by atoms with van der Waals surface area (Å²) >= 11 is 0. The lowest BCUT2D eigenvalue weighted by molar-refractivity contribution is 0.122. The minimum Gasteiger partial charge on any atom is -0.378 e. The summed E-state index contributed by atoms with van der Waals surface area (Å²) < 4.78 is 5.47. The van der Waals surface area contributed by atoms with Gasteiger partial charge in [0.25, 0.3) is 0 Å². The molecular weight excluding hydrogens is 431 g/mol. The third kappa shape index (κ3) is 7.31. The van der Waals surface area contributed by atoms with Crippen LogP contribution in [0.25, 0.3) is 23.4 Å². The molecule has 3 aromatic heterocycles. The number of hydrogen-bond donors (Lipinski definition) is 1. The highest BCUT2D eigenvalue weighted by atomic mass is 31.0. The monoisotopic (exact) mass is 466 g/mol. The summed E-state index contributed by atoms with van der Waals surface area (Å²) in [5, 5.41) is 5.43. The molecule has 0 bridgehead atoms. The van der Waals surface area contributed by atoms with E-state index >= 15 is 0 Å². The Kier molecular flexibility index (Phi) is 11.4. The SMILES string of the molecule is C/C=c1/cc(Nc2cc(-c3cccnc3)nc(N3CCOCC3)n2)cn/c1=C/C.CC.CP. The zero-order chi connectivity index (χ0) is 24.1. The van der Waals surface area contributed by atoms with Gasteiger partial charge in [-0.2, -0.15) is 4.98 Å². The van der Waals surface area contributed by atoms with E-state index in [0.29, 0.717) is 19.2 Å². The Morgan fingerprint density at radius 2 is 1.79 bits per heavy atom. The first-order valence-electron chi connectivity index (χ1n) is 11.3. The molecule has 0 radical (unpaired) electrons. The minimum atomic E-state index is 0.678. The molecule has 4 heterocycles. The van der Waals surface area contributed by atoms with Gasteiger partial charge >= 0.3 is 0 Å². The van der Waals surface area contributed by atoms with E-state index in [9.17, 15) is 0 Å². The van der Waals surface area contributed by atoms with Gasteiger partial charge in [-0.15, -0.1) is 9.24 Å². The molecule has 33 heavy (non-hydrogen) atoms. The van der Waals surface area contributed by atoms with Gasteiger partial charge in [0.05, 0.1) is 36.1 Å². The zero-order valence-electron chi connectivity index (χ0n) is 20.2. The second-order valence-electron chi connectivity index (χ2n) is 6.68. The maximum atomic E-state index is 5.47. The Morgan fingerprint density at radius 3 is 2.42 bits per heavy atom. The van der Waals surface area contributed by atoms with Gasteiger partial charge in [-0.3, -0.25) is 9.97 Å². The molecule has 0 aliphatic carbocycles. The summed E-state index contributed by atoms with van der Waals surface area (Å²) in [6, 6.07) is 7.92. The Balaban J connectivity index is 0.000000914. The van der Waals surface area contributed by atoms with Crippen molar-refractivity contribution in [3.63, 3.8) is 0 Å². The molecule has 3 aromatic rings. The molecule has 4 rings (SSSR count). The number of ether oxygens (including phenoxy) is 1. The molecule has 8 heteroatoms. The molecule has 176 valence electrons. The summed E-state index contributed by atoms with van der Waals surface area (Å²) in [6.45, 7) is 12.8. The van der Waals surface area contributed by atoms with Crippen LogP contribution in [0.1, 0.15) is 27.7 Å². The minimum absolute atomic E-state index is 0.678. The van der Waals surface area contributed by atoms with Gasteiger partial charge in [-0.05, 0) is 37.3 Å². The summed E-state index contributed by atoms with van der Waals surface area (Å²) in [5.41, 5.74) is 2.66. The van der Waals surface area contributed by atoms with Crippen LogP contribution in [-0.4, -0.2) is 52.9 Å². The third-order valence-electron chi connectivity index (χ3n) is 4.77. The molecule has 1 atom stereocenters. The summed E-state index contributed by atoms with van der Waals surface area (Å²) in [7, 11) is 2.42. The Bertz CT molecular complexity index is 1100. The Labute approximate surface area is 199 Å². The normalized spacial score (nSPS) is 14.1. The van der Waals surface area contributed by atoms with E-state index in [-0.39, 0.29) is 0 Å². The van der Waals surface area contributed by atoms with Crippen LogP contribution in [0.15, 0.2) is 42.9 Å². The van der Waals surface area contributed by atoms with Crippen LogP contribution in [0.3, 0.4) is 0 Å². The van der Waals surface area contributed by atoms with Crippen molar-refractivity contribution < 1.29 is 4.74 Å². The lowest BCUT2D eigenvalue weighted by Gasteiger charge is -2.27. The lowest BCUT2D eigenvalue weighted by atomic mass is 10.2.